The molecule has 0 aliphatic carbocycles. The van der Waals surface area contributed by atoms with Crippen molar-refractivity contribution < 1.29 is 14.3 Å². The lowest BCUT2D eigenvalue weighted by Gasteiger charge is -2.09. The van der Waals surface area contributed by atoms with Crippen LogP contribution in [0.5, 0.6) is 5.75 Å². The number of halogens is 1. The molecule has 28 heavy (non-hydrogen) atoms. The van der Waals surface area contributed by atoms with Gasteiger partial charge in [-0.15, -0.1) is 0 Å². The third-order valence-corrected chi connectivity index (χ3v) is 4.88. The Labute approximate surface area is 176 Å². The van der Waals surface area contributed by atoms with Crippen molar-refractivity contribution in [1.29, 1.82) is 0 Å². The number of aliphatic imine (C=N–C) groups is 1. The van der Waals surface area contributed by atoms with E-state index in [-0.39, 0.29) is 5.70 Å². The van der Waals surface area contributed by atoms with Gasteiger partial charge in [-0.25, -0.2) is 9.79 Å². The van der Waals surface area contributed by atoms with E-state index in [2.05, 4.69) is 27.6 Å². The zero-order valence-corrected chi connectivity index (χ0v) is 17.0. The van der Waals surface area contributed by atoms with Crippen molar-refractivity contribution in [2.75, 3.05) is 0 Å². The number of cyclic esters (lactones) is 1. The number of rotatable bonds is 5. The van der Waals surface area contributed by atoms with E-state index in [0.29, 0.717) is 18.3 Å². The van der Waals surface area contributed by atoms with Gasteiger partial charge in [0.1, 0.15) is 12.4 Å². The number of nitrogens with zero attached hydrogens (tertiary/aromatic N) is 1. The second-order valence-electron chi connectivity index (χ2n) is 6.16. The van der Waals surface area contributed by atoms with Crippen molar-refractivity contribution >= 4 is 40.5 Å². The minimum Gasteiger partial charge on any atom is -0.488 e. The molecule has 0 bridgehead atoms. The monoisotopic (exact) mass is 481 g/mol. The molecule has 0 unspecified atom stereocenters. The van der Waals surface area contributed by atoms with Crippen LogP contribution in [0.15, 0.2) is 89.6 Å². The van der Waals surface area contributed by atoms with Crippen molar-refractivity contribution in [2.24, 2.45) is 4.99 Å². The highest BCUT2D eigenvalue weighted by atomic mass is 127. The molecule has 0 saturated carbocycles. The number of carbonyl (C=O) groups excluding carboxylic acids is 1. The first-order valence-corrected chi connectivity index (χ1v) is 9.81. The Morgan fingerprint density at radius 1 is 0.929 bits per heavy atom. The fourth-order valence-corrected chi connectivity index (χ4v) is 3.09. The van der Waals surface area contributed by atoms with Gasteiger partial charge < -0.3 is 9.47 Å². The third kappa shape index (κ3) is 4.31. The molecule has 4 rings (SSSR count). The fourth-order valence-electron chi connectivity index (χ4n) is 2.73. The summed E-state index contributed by atoms with van der Waals surface area (Å²) in [4.78, 5) is 16.6. The minimum atomic E-state index is -0.466. The highest BCUT2D eigenvalue weighted by molar-refractivity contribution is 14.1. The second-order valence-corrected chi connectivity index (χ2v) is 7.40. The summed E-state index contributed by atoms with van der Waals surface area (Å²) in [6.45, 7) is 0.445. The Balaban J connectivity index is 1.57. The molecule has 0 radical (unpaired) electrons. The van der Waals surface area contributed by atoms with Gasteiger partial charge in [0.15, 0.2) is 5.70 Å². The van der Waals surface area contributed by atoms with E-state index in [0.717, 1.165) is 16.7 Å². The van der Waals surface area contributed by atoms with Gasteiger partial charge in [-0.2, -0.15) is 0 Å². The average molecular weight is 481 g/mol. The number of para-hydroxylation sites is 1. The summed E-state index contributed by atoms with van der Waals surface area (Å²) in [7, 11) is 0. The number of ether oxygens (including phenoxy) is 2. The lowest BCUT2D eigenvalue weighted by molar-refractivity contribution is -0.129. The Hall–Kier alpha value is -2.93. The molecule has 1 aliphatic rings. The number of carbonyl (C=O) groups is 1. The van der Waals surface area contributed by atoms with Crippen LogP contribution in [0.3, 0.4) is 0 Å². The van der Waals surface area contributed by atoms with Gasteiger partial charge >= 0.3 is 5.97 Å². The molecule has 5 heteroatoms. The van der Waals surface area contributed by atoms with Crippen LogP contribution in [-0.4, -0.2) is 11.9 Å². The maximum absolute atomic E-state index is 12.2. The van der Waals surface area contributed by atoms with E-state index in [1.54, 1.807) is 6.08 Å². The normalized spacial score (nSPS) is 14.7. The van der Waals surface area contributed by atoms with E-state index in [9.17, 15) is 4.79 Å². The van der Waals surface area contributed by atoms with Gasteiger partial charge in [0.25, 0.3) is 0 Å². The zero-order chi connectivity index (χ0) is 19.3. The summed E-state index contributed by atoms with van der Waals surface area (Å²) in [5.41, 5.74) is 2.87. The van der Waals surface area contributed by atoms with Gasteiger partial charge in [0.2, 0.25) is 5.90 Å². The summed E-state index contributed by atoms with van der Waals surface area (Å²) >= 11 is 2.27. The minimum absolute atomic E-state index is 0.254. The molecule has 3 aromatic rings. The molecule has 0 amide bonds. The highest BCUT2D eigenvalue weighted by Crippen LogP contribution is 2.25. The summed E-state index contributed by atoms with van der Waals surface area (Å²) in [6.07, 6.45) is 1.70. The molecule has 4 nitrogen and oxygen atoms in total. The average Bonchev–Trinajstić information content (AvgIpc) is 3.10. The first-order chi connectivity index (χ1) is 13.7. The van der Waals surface area contributed by atoms with Crippen LogP contribution in [0.2, 0.25) is 0 Å². The third-order valence-electron chi connectivity index (χ3n) is 4.16. The molecule has 0 aromatic heterocycles. The quantitative estimate of drug-likeness (QED) is 0.286. The summed E-state index contributed by atoms with van der Waals surface area (Å²) < 4.78 is 12.5. The maximum Gasteiger partial charge on any atom is 0.363 e. The van der Waals surface area contributed by atoms with Crippen molar-refractivity contribution in [3.8, 4) is 5.75 Å². The lowest BCUT2D eigenvalue weighted by Crippen LogP contribution is -2.05. The number of esters is 1. The van der Waals surface area contributed by atoms with Crippen molar-refractivity contribution in [3.63, 3.8) is 0 Å². The number of hydrogen-bond donors (Lipinski definition) is 0. The summed E-state index contributed by atoms with van der Waals surface area (Å²) in [5, 5.41) is 0. The molecule has 3 aromatic carbocycles. The van der Waals surface area contributed by atoms with Gasteiger partial charge in [0, 0.05) is 14.7 Å². The van der Waals surface area contributed by atoms with Crippen molar-refractivity contribution in [2.45, 2.75) is 6.61 Å². The molecule has 1 aliphatic heterocycles. The first-order valence-electron chi connectivity index (χ1n) is 8.73. The van der Waals surface area contributed by atoms with Gasteiger partial charge in [-0.3, -0.25) is 0 Å². The summed E-state index contributed by atoms with van der Waals surface area (Å²) in [6, 6.07) is 25.1. The van der Waals surface area contributed by atoms with Crippen molar-refractivity contribution in [1.82, 2.24) is 0 Å². The molecular formula is C23H16INO3. The topological polar surface area (TPSA) is 47.9 Å². The largest absolute Gasteiger partial charge is 0.488 e. The van der Waals surface area contributed by atoms with Crippen molar-refractivity contribution in [3.05, 3.63) is 105 Å². The number of benzene rings is 3. The summed E-state index contributed by atoms with van der Waals surface area (Å²) in [5.74, 6) is 0.533. The molecular weight excluding hydrogens is 465 g/mol. The van der Waals surface area contributed by atoms with Crippen LogP contribution in [0.1, 0.15) is 16.7 Å². The SMILES string of the molecule is O=C1OC(c2ccccc2)=N/C1=C/c1ccccc1OCc1ccc(I)cc1. The van der Waals surface area contributed by atoms with E-state index < -0.39 is 5.97 Å². The standard InChI is InChI=1S/C23H16INO3/c24-19-12-10-16(11-13-19)15-27-21-9-5-4-8-18(21)14-20-23(26)28-22(25-20)17-6-2-1-3-7-17/h1-14H,15H2/b20-14+. The predicted octanol–water partition coefficient (Wildman–Crippen LogP) is 5.21. The molecule has 0 atom stereocenters. The van der Waals surface area contributed by atoms with E-state index in [1.807, 2.05) is 78.9 Å². The molecule has 1 heterocycles. The van der Waals surface area contributed by atoms with Crippen LogP contribution in [0, 0.1) is 3.57 Å². The second kappa shape index (κ2) is 8.39. The van der Waals surface area contributed by atoms with Crippen LogP contribution >= 0.6 is 22.6 Å². The Morgan fingerprint density at radius 2 is 1.64 bits per heavy atom. The van der Waals surface area contributed by atoms with Gasteiger partial charge in [0.05, 0.1) is 0 Å². The Morgan fingerprint density at radius 3 is 2.43 bits per heavy atom. The zero-order valence-electron chi connectivity index (χ0n) is 14.8. The smallest absolute Gasteiger partial charge is 0.363 e. The molecule has 0 fully saturated rings. The lowest BCUT2D eigenvalue weighted by atomic mass is 10.1. The highest BCUT2D eigenvalue weighted by Gasteiger charge is 2.24. The van der Waals surface area contributed by atoms with Crippen LogP contribution in [0.25, 0.3) is 6.08 Å². The van der Waals surface area contributed by atoms with Gasteiger partial charge in [-0.05, 0) is 64.6 Å². The predicted molar refractivity (Wildman–Crippen MR) is 117 cm³/mol. The van der Waals surface area contributed by atoms with E-state index in [4.69, 9.17) is 9.47 Å². The maximum atomic E-state index is 12.2. The number of hydrogen-bond acceptors (Lipinski definition) is 4. The van der Waals surface area contributed by atoms with Crippen LogP contribution < -0.4 is 4.74 Å². The Bertz CT molecular complexity index is 1060. The van der Waals surface area contributed by atoms with E-state index in [1.165, 1.54) is 3.57 Å². The van der Waals surface area contributed by atoms with Gasteiger partial charge in [-0.1, -0.05) is 48.5 Å². The molecule has 0 saturated heterocycles. The fraction of sp³-hybridized carbons (Fsp3) is 0.0435. The van der Waals surface area contributed by atoms with E-state index >= 15 is 0 Å². The van der Waals surface area contributed by atoms with Crippen LogP contribution in [-0.2, 0) is 16.1 Å². The first kappa shape index (κ1) is 18.4. The molecule has 0 N–H and O–H groups in total. The molecule has 138 valence electrons. The molecule has 0 spiro atoms. The van der Waals surface area contributed by atoms with Crippen LogP contribution in [0.4, 0.5) is 0 Å². The Kier molecular flexibility index (Phi) is 5.53.